The summed E-state index contributed by atoms with van der Waals surface area (Å²) in [5, 5.41) is 7.74. The number of hydrogen-bond acceptors (Lipinski definition) is 1. The van der Waals surface area contributed by atoms with E-state index in [1.165, 1.54) is 6.07 Å². The molecule has 0 radical (unpaired) electrons. The Bertz CT molecular complexity index is 165. The SMILES string of the molecule is N#CCCC(F)(F)C(F)(F)F. The Morgan fingerprint density at radius 1 is 1.09 bits per heavy atom. The molecule has 0 bridgehead atoms. The summed E-state index contributed by atoms with van der Waals surface area (Å²) in [4.78, 5) is 0. The van der Waals surface area contributed by atoms with Gasteiger partial charge in [0.25, 0.3) is 0 Å². The summed E-state index contributed by atoms with van der Waals surface area (Å²) in [6.07, 6.45) is -7.80. The molecule has 0 saturated carbocycles. The summed E-state index contributed by atoms with van der Waals surface area (Å²) in [5.74, 6) is -4.73. The molecule has 11 heavy (non-hydrogen) atoms. The van der Waals surface area contributed by atoms with Gasteiger partial charge in [0.15, 0.2) is 0 Å². The van der Waals surface area contributed by atoms with Gasteiger partial charge in [0, 0.05) is 12.8 Å². The van der Waals surface area contributed by atoms with Gasteiger partial charge < -0.3 is 0 Å². The normalized spacial score (nSPS) is 12.7. The Kier molecular flexibility index (Phi) is 2.79. The van der Waals surface area contributed by atoms with Gasteiger partial charge in [0.2, 0.25) is 0 Å². The van der Waals surface area contributed by atoms with Gasteiger partial charge in [-0.05, 0) is 0 Å². The minimum absolute atomic E-state index is 0.799. The van der Waals surface area contributed by atoms with Crippen molar-refractivity contribution in [3.8, 4) is 6.07 Å². The highest BCUT2D eigenvalue weighted by Crippen LogP contribution is 2.38. The zero-order chi connectivity index (χ0) is 9.12. The highest BCUT2D eigenvalue weighted by Gasteiger charge is 2.56. The first-order valence-electron chi connectivity index (χ1n) is 2.63. The summed E-state index contributed by atoms with van der Waals surface area (Å²) in [7, 11) is 0. The van der Waals surface area contributed by atoms with E-state index in [1.807, 2.05) is 0 Å². The maximum absolute atomic E-state index is 11.8. The van der Waals surface area contributed by atoms with Gasteiger partial charge in [0.1, 0.15) is 0 Å². The Labute approximate surface area is 59.4 Å². The fourth-order valence-electron chi connectivity index (χ4n) is 0.355. The Morgan fingerprint density at radius 3 is 1.82 bits per heavy atom. The molecule has 0 aromatic rings. The summed E-state index contributed by atoms with van der Waals surface area (Å²) in [5.41, 5.74) is 0. The molecule has 64 valence electrons. The van der Waals surface area contributed by atoms with Crippen molar-refractivity contribution in [3.05, 3.63) is 0 Å². The van der Waals surface area contributed by atoms with Crippen LogP contribution in [0.5, 0.6) is 0 Å². The highest BCUT2D eigenvalue weighted by molar-refractivity contribution is 4.81. The lowest BCUT2D eigenvalue weighted by molar-refractivity contribution is -0.283. The minimum atomic E-state index is -5.54. The van der Waals surface area contributed by atoms with Crippen molar-refractivity contribution in [1.29, 1.82) is 5.26 Å². The van der Waals surface area contributed by atoms with Crippen molar-refractivity contribution in [2.75, 3.05) is 0 Å². The molecule has 0 fully saturated rings. The van der Waals surface area contributed by atoms with E-state index in [0.29, 0.717) is 0 Å². The van der Waals surface area contributed by atoms with Crippen LogP contribution in [0.25, 0.3) is 0 Å². The van der Waals surface area contributed by atoms with E-state index in [0.717, 1.165) is 0 Å². The molecule has 0 spiro atoms. The number of hydrogen-bond donors (Lipinski definition) is 0. The van der Waals surface area contributed by atoms with Crippen LogP contribution in [0.2, 0.25) is 0 Å². The Hall–Kier alpha value is -0.860. The Morgan fingerprint density at radius 2 is 1.55 bits per heavy atom. The van der Waals surface area contributed by atoms with Crippen LogP contribution in [0.1, 0.15) is 12.8 Å². The summed E-state index contributed by atoms with van der Waals surface area (Å²) >= 11 is 0. The first kappa shape index (κ1) is 10.1. The van der Waals surface area contributed by atoms with Gasteiger partial charge in [-0.25, -0.2) is 0 Å². The van der Waals surface area contributed by atoms with E-state index in [4.69, 9.17) is 5.26 Å². The van der Waals surface area contributed by atoms with Crippen LogP contribution in [-0.2, 0) is 0 Å². The summed E-state index contributed by atoms with van der Waals surface area (Å²) in [6, 6.07) is 1.22. The fraction of sp³-hybridized carbons (Fsp3) is 0.800. The lowest BCUT2D eigenvalue weighted by atomic mass is 10.2. The number of rotatable bonds is 2. The van der Waals surface area contributed by atoms with Crippen LogP contribution >= 0.6 is 0 Å². The van der Waals surface area contributed by atoms with E-state index in [2.05, 4.69) is 0 Å². The lowest BCUT2D eigenvalue weighted by Crippen LogP contribution is -2.35. The third-order valence-corrected chi connectivity index (χ3v) is 0.966. The molecule has 0 heterocycles. The maximum atomic E-state index is 11.8. The van der Waals surface area contributed by atoms with Gasteiger partial charge in [-0.3, -0.25) is 0 Å². The molecule has 0 unspecified atom stereocenters. The largest absolute Gasteiger partial charge is 0.453 e. The summed E-state index contributed by atoms with van der Waals surface area (Å²) in [6.45, 7) is 0. The lowest BCUT2D eigenvalue weighted by Gasteiger charge is -2.17. The zero-order valence-corrected chi connectivity index (χ0v) is 5.25. The third kappa shape index (κ3) is 2.70. The van der Waals surface area contributed by atoms with Crippen LogP contribution in [0, 0.1) is 11.3 Å². The number of alkyl halides is 5. The van der Waals surface area contributed by atoms with Crippen molar-refractivity contribution in [2.45, 2.75) is 24.9 Å². The van der Waals surface area contributed by atoms with Crippen LogP contribution < -0.4 is 0 Å². The number of nitriles is 1. The van der Waals surface area contributed by atoms with Crippen LogP contribution in [0.15, 0.2) is 0 Å². The molecule has 0 aliphatic carbocycles. The molecule has 6 heteroatoms. The second kappa shape index (κ2) is 3.03. The predicted molar refractivity (Wildman–Crippen MR) is 25.8 cm³/mol. The molecule has 0 N–H and O–H groups in total. The van der Waals surface area contributed by atoms with Gasteiger partial charge in [-0.2, -0.15) is 27.2 Å². The molecule has 0 rings (SSSR count). The van der Waals surface area contributed by atoms with Gasteiger partial charge >= 0.3 is 12.1 Å². The van der Waals surface area contributed by atoms with E-state index in [9.17, 15) is 22.0 Å². The van der Waals surface area contributed by atoms with E-state index in [1.54, 1.807) is 0 Å². The smallest absolute Gasteiger partial charge is 0.198 e. The topological polar surface area (TPSA) is 23.8 Å². The fourth-order valence-corrected chi connectivity index (χ4v) is 0.355. The van der Waals surface area contributed by atoms with E-state index < -0.39 is 24.9 Å². The molecule has 0 aromatic carbocycles. The van der Waals surface area contributed by atoms with Gasteiger partial charge in [-0.15, -0.1) is 0 Å². The average Bonchev–Trinajstić information content (AvgIpc) is 1.81. The molecule has 1 nitrogen and oxygen atoms in total. The molecular weight excluding hydrogens is 169 g/mol. The van der Waals surface area contributed by atoms with Crippen LogP contribution in [-0.4, -0.2) is 12.1 Å². The molecule has 0 aliphatic heterocycles. The zero-order valence-electron chi connectivity index (χ0n) is 5.25. The maximum Gasteiger partial charge on any atom is 0.453 e. The Balaban J connectivity index is 4.13. The van der Waals surface area contributed by atoms with Gasteiger partial charge in [-0.1, -0.05) is 0 Å². The molecular formula is C5H4F5N. The van der Waals surface area contributed by atoms with Crippen LogP contribution in [0.4, 0.5) is 22.0 Å². The number of halogens is 5. The van der Waals surface area contributed by atoms with Gasteiger partial charge in [0.05, 0.1) is 6.07 Å². The second-order valence-corrected chi connectivity index (χ2v) is 1.86. The molecule has 0 saturated heterocycles. The monoisotopic (exact) mass is 173 g/mol. The highest BCUT2D eigenvalue weighted by atomic mass is 19.4. The first-order valence-corrected chi connectivity index (χ1v) is 2.63. The van der Waals surface area contributed by atoms with E-state index >= 15 is 0 Å². The number of nitrogens with zero attached hydrogens (tertiary/aromatic N) is 1. The predicted octanol–water partition coefficient (Wildman–Crippen LogP) is 2.49. The van der Waals surface area contributed by atoms with Crippen molar-refractivity contribution in [3.63, 3.8) is 0 Å². The molecule has 0 aliphatic rings. The molecule has 0 aromatic heterocycles. The average molecular weight is 173 g/mol. The standard InChI is InChI=1S/C5H4F5N/c6-4(7,2-1-3-11)5(8,9)10/h1-2H2. The summed E-state index contributed by atoms with van der Waals surface area (Å²) < 4.78 is 57.6. The molecule has 0 atom stereocenters. The van der Waals surface area contributed by atoms with Crippen molar-refractivity contribution in [1.82, 2.24) is 0 Å². The van der Waals surface area contributed by atoms with Crippen molar-refractivity contribution in [2.24, 2.45) is 0 Å². The first-order chi connectivity index (χ1) is 4.81. The third-order valence-electron chi connectivity index (χ3n) is 0.966. The van der Waals surface area contributed by atoms with Crippen LogP contribution in [0.3, 0.4) is 0 Å². The molecule has 0 amide bonds. The van der Waals surface area contributed by atoms with E-state index in [-0.39, 0.29) is 0 Å². The minimum Gasteiger partial charge on any atom is -0.198 e. The second-order valence-electron chi connectivity index (χ2n) is 1.86. The van der Waals surface area contributed by atoms with Crippen molar-refractivity contribution >= 4 is 0 Å². The quantitative estimate of drug-likeness (QED) is 0.588. The van der Waals surface area contributed by atoms with Crippen molar-refractivity contribution < 1.29 is 22.0 Å².